The van der Waals surface area contributed by atoms with Crippen LogP contribution in [0.5, 0.6) is 5.75 Å². The number of phenolic OH excluding ortho intramolecular Hbond substituents is 1. The number of carbonyl (C=O) groups is 2. The van der Waals surface area contributed by atoms with Crippen LogP contribution in [-0.2, 0) is 20.7 Å². The van der Waals surface area contributed by atoms with Crippen molar-refractivity contribution in [3.8, 4) is 5.75 Å². The first-order valence-corrected chi connectivity index (χ1v) is 7.05. The summed E-state index contributed by atoms with van der Waals surface area (Å²) < 4.78 is 5.40. The van der Waals surface area contributed by atoms with Crippen molar-refractivity contribution in [1.29, 1.82) is 0 Å². The molecule has 0 bridgehead atoms. The number of benzene rings is 1. The van der Waals surface area contributed by atoms with Gasteiger partial charge in [-0.3, -0.25) is 9.59 Å². The van der Waals surface area contributed by atoms with Gasteiger partial charge < -0.3 is 9.84 Å². The maximum Gasteiger partial charge on any atom is 0.206 e. The topological polar surface area (TPSA) is 63.6 Å². The standard InChI is InChI=1S/C17H20O4/c1-11(2)8-14-9-13(4-5-16(14)20)15-6-7-21-17(15,10-18)12(3)19/h4-6,9-11,20H,7-8H2,1-3H3. The number of ketones is 1. The van der Waals surface area contributed by atoms with Crippen LogP contribution in [0.2, 0.25) is 0 Å². The Hall–Kier alpha value is -1.94. The van der Waals surface area contributed by atoms with E-state index in [0.29, 0.717) is 17.8 Å². The average Bonchev–Trinajstić information content (AvgIpc) is 2.86. The minimum absolute atomic E-state index is 0.228. The van der Waals surface area contributed by atoms with Crippen molar-refractivity contribution >= 4 is 17.6 Å². The molecule has 1 aromatic carbocycles. The highest BCUT2D eigenvalue weighted by Crippen LogP contribution is 2.36. The Morgan fingerprint density at radius 2 is 2.19 bits per heavy atom. The smallest absolute Gasteiger partial charge is 0.206 e. The fraction of sp³-hybridized carbons (Fsp3) is 0.412. The van der Waals surface area contributed by atoms with Crippen LogP contribution in [0.1, 0.15) is 31.9 Å². The molecule has 0 fully saturated rings. The summed E-state index contributed by atoms with van der Waals surface area (Å²) in [5, 5.41) is 9.94. The zero-order valence-corrected chi connectivity index (χ0v) is 12.6. The molecule has 4 nitrogen and oxygen atoms in total. The van der Waals surface area contributed by atoms with Crippen LogP contribution in [0.4, 0.5) is 0 Å². The highest BCUT2D eigenvalue weighted by Gasteiger charge is 2.44. The van der Waals surface area contributed by atoms with Crippen molar-refractivity contribution in [3.63, 3.8) is 0 Å². The van der Waals surface area contributed by atoms with Gasteiger partial charge in [-0.05, 0) is 42.5 Å². The second-order valence-corrected chi connectivity index (χ2v) is 5.78. The van der Waals surface area contributed by atoms with Gasteiger partial charge in [0.15, 0.2) is 12.1 Å². The minimum Gasteiger partial charge on any atom is -0.508 e. The summed E-state index contributed by atoms with van der Waals surface area (Å²) in [4.78, 5) is 23.3. The predicted molar refractivity (Wildman–Crippen MR) is 80.1 cm³/mol. The van der Waals surface area contributed by atoms with Crippen molar-refractivity contribution in [2.24, 2.45) is 5.92 Å². The van der Waals surface area contributed by atoms with Gasteiger partial charge in [0.2, 0.25) is 5.60 Å². The van der Waals surface area contributed by atoms with E-state index in [2.05, 4.69) is 13.8 Å². The van der Waals surface area contributed by atoms with E-state index in [1.807, 2.05) is 6.07 Å². The monoisotopic (exact) mass is 288 g/mol. The maximum atomic E-state index is 11.9. The molecule has 1 aliphatic heterocycles. The number of aldehydes is 1. The second-order valence-electron chi connectivity index (χ2n) is 5.78. The number of hydrogen-bond donors (Lipinski definition) is 1. The first-order chi connectivity index (χ1) is 9.90. The van der Waals surface area contributed by atoms with E-state index in [1.54, 1.807) is 18.2 Å². The Bertz CT molecular complexity index is 601. The molecule has 0 saturated carbocycles. The number of carbonyl (C=O) groups excluding carboxylic acids is 2. The number of hydrogen-bond acceptors (Lipinski definition) is 4. The van der Waals surface area contributed by atoms with Crippen molar-refractivity contribution in [2.45, 2.75) is 32.8 Å². The summed E-state index contributed by atoms with van der Waals surface area (Å²) in [6.07, 6.45) is 3.03. The van der Waals surface area contributed by atoms with Crippen LogP contribution in [-0.4, -0.2) is 29.4 Å². The summed E-state index contributed by atoms with van der Waals surface area (Å²) in [6.45, 7) is 5.71. The van der Waals surface area contributed by atoms with Crippen LogP contribution < -0.4 is 0 Å². The van der Waals surface area contributed by atoms with Crippen molar-refractivity contribution in [1.82, 2.24) is 0 Å². The third kappa shape index (κ3) is 2.76. The molecule has 21 heavy (non-hydrogen) atoms. The number of Topliss-reactive ketones (excluding diaryl/α,β-unsaturated/α-hetero) is 1. The van der Waals surface area contributed by atoms with Crippen molar-refractivity contribution < 1.29 is 19.4 Å². The van der Waals surface area contributed by atoms with Gasteiger partial charge in [0.25, 0.3) is 0 Å². The van der Waals surface area contributed by atoms with Gasteiger partial charge in [-0.15, -0.1) is 0 Å². The molecular weight excluding hydrogens is 268 g/mol. The quantitative estimate of drug-likeness (QED) is 0.668. The zero-order valence-electron chi connectivity index (χ0n) is 12.6. The third-order valence-electron chi connectivity index (χ3n) is 3.71. The van der Waals surface area contributed by atoms with Crippen LogP contribution in [0.25, 0.3) is 5.57 Å². The van der Waals surface area contributed by atoms with E-state index in [0.717, 1.165) is 17.5 Å². The van der Waals surface area contributed by atoms with Crippen molar-refractivity contribution in [3.05, 3.63) is 35.4 Å². The summed E-state index contributed by atoms with van der Waals surface area (Å²) in [5.41, 5.74) is 0.600. The molecule has 0 spiro atoms. The fourth-order valence-corrected chi connectivity index (χ4v) is 2.65. The molecule has 0 aromatic heterocycles. The molecule has 0 radical (unpaired) electrons. The van der Waals surface area contributed by atoms with E-state index < -0.39 is 5.60 Å². The minimum atomic E-state index is -1.51. The molecule has 1 aromatic rings. The first-order valence-electron chi connectivity index (χ1n) is 7.05. The lowest BCUT2D eigenvalue weighted by atomic mass is 9.86. The molecule has 1 N–H and O–H groups in total. The first kappa shape index (κ1) is 15.4. The average molecular weight is 288 g/mol. The van der Waals surface area contributed by atoms with E-state index in [4.69, 9.17) is 4.74 Å². The lowest BCUT2D eigenvalue weighted by Crippen LogP contribution is -2.40. The Balaban J connectivity index is 2.46. The lowest BCUT2D eigenvalue weighted by molar-refractivity contribution is -0.139. The molecule has 1 atom stereocenters. The van der Waals surface area contributed by atoms with Gasteiger partial charge in [0, 0.05) is 5.57 Å². The predicted octanol–water partition coefficient (Wildman–Crippen LogP) is 2.53. The SMILES string of the molecule is CC(=O)C1(C=O)OCC=C1c1ccc(O)c(CC(C)C)c1. The van der Waals surface area contributed by atoms with E-state index in [-0.39, 0.29) is 18.1 Å². The second kappa shape index (κ2) is 5.82. The lowest BCUT2D eigenvalue weighted by Gasteiger charge is -2.23. The Morgan fingerprint density at radius 1 is 1.48 bits per heavy atom. The molecule has 112 valence electrons. The number of phenols is 1. The van der Waals surface area contributed by atoms with E-state index >= 15 is 0 Å². The van der Waals surface area contributed by atoms with Crippen molar-refractivity contribution in [2.75, 3.05) is 6.61 Å². The Kier molecular flexibility index (Phi) is 4.28. The third-order valence-corrected chi connectivity index (χ3v) is 3.71. The Labute approximate surface area is 124 Å². The molecule has 0 saturated heterocycles. The number of rotatable bonds is 5. The molecule has 2 rings (SSSR count). The Morgan fingerprint density at radius 3 is 2.76 bits per heavy atom. The molecular formula is C17H20O4. The van der Waals surface area contributed by atoms with Crippen LogP contribution in [0.3, 0.4) is 0 Å². The van der Waals surface area contributed by atoms with Crippen LogP contribution in [0.15, 0.2) is 24.3 Å². The van der Waals surface area contributed by atoms with Gasteiger partial charge in [-0.1, -0.05) is 26.0 Å². The normalized spacial score (nSPS) is 21.4. The molecule has 1 aliphatic rings. The van der Waals surface area contributed by atoms with Gasteiger partial charge >= 0.3 is 0 Å². The molecule has 0 amide bonds. The fourth-order valence-electron chi connectivity index (χ4n) is 2.65. The van der Waals surface area contributed by atoms with E-state index in [1.165, 1.54) is 6.92 Å². The van der Waals surface area contributed by atoms with E-state index in [9.17, 15) is 14.7 Å². The summed E-state index contributed by atoms with van der Waals surface area (Å²) in [5.74, 6) is 0.287. The summed E-state index contributed by atoms with van der Waals surface area (Å²) in [6, 6.07) is 5.14. The summed E-state index contributed by atoms with van der Waals surface area (Å²) >= 11 is 0. The largest absolute Gasteiger partial charge is 0.508 e. The van der Waals surface area contributed by atoms with Gasteiger partial charge in [0.1, 0.15) is 5.75 Å². The van der Waals surface area contributed by atoms with Gasteiger partial charge in [-0.25, -0.2) is 0 Å². The molecule has 1 heterocycles. The van der Waals surface area contributed by atoms with Gasteiger partial charge in [-0.2, -0.15) is 0 Å². The molecule has 0 aliphatic carbocycles. The number of aromatic hydroxyl groups is 1. The number of ether oxygens (including phenoxy) is 1. The molecule has 4 heteroatoms. The highest BCUT2D eigenvalue weighted by atomic mass is 16.5. The zero-order chi connectivity index (χ0) is 15.6. The highest BCUT2D eigenvalue weighted by molar-refractivity contribution is 6.14. The van der Waals surface area contributed by atoms with Crippen LogP contribution in [0, 0.1) is 5.92 Å². The summed E-state index contributed by atoms with van der Waals surface area (Å²) in [7, 11) is 0. The molecule has 1 unspecified atom stereocenters. The van der Waals surface area contributed by atoms with Gasteiger partial charge in [0.05, 0.1) is 6.61 Å². The van der Waals surface area contributed by atoms with Crippen LogP contribution >= 0.6 is 0 Å². The maximum absolute atomic E-state index is 11.9.